The molecule has 1 saturated heterocycles. The van der Waals surface area contributed by atoms with Crippen LogP contribution in [0.1, 0.15) is 34.5 Å². The molecule has 15 heteroatoms. The Bertz CT molecular complexity index is 2370. The highest BCUT2D eigenvalue weighted by molar-refractivity contribution is 7.99. The van der Waals surface area contributed by atoms with E-state index in [0.29, 0.717) is 23.6 Å². The number of amides is 1. The molecule has 0 spiro atoms. The standard InChI is InChI=1S/C43H46ClN7O5S2/c1-48(2)21-20-34(29-57-36-9-4-3-5-10-36)46-39-19-18-37(25-41(39)51(53)54)58(55,56)47-43(52)40-24-31-14-17-35-28-49(22-23-50(35)42(31)26-45-40)27-32-8-6-7-11-38(32)30-12-15-33(44)16-13-30/h3-13,15-16,18-19,24-26,34-35,46H,14,17,20-23,27-29H2,1-2H3,(H,47,52)/t34-,35?/m1/s1. The highest BCUT2D eigenvalue weighted by Gasteiger charge is 2.33. The van der Waals surface area contributed by atoms with Crippen LogP contribution in [0.25, 0.3) is 11.1 Å². The van der Waals surface area contributed by atoms with Crippen LogP contribution in [0.5, 0.6) is 0 Å². The number of hydrogen-bond acceptors (Lipinski definition) is 11. The summed E-state index contributed by atoms with van der Waals surface area (Å²) in [6.07, 6.45) is 3.94. The summed E-state index contributed by atoms with van der Waals surface area (Å²) >= 11 is 7.78. The number of nitrogens with zero attached hydrogens (tertiary/aromatic N) is 5. The summed E-state index contributed by atoms with van der Waals surface area (Å²) in [6.45, 7) is 4.06. The number of nitrogens with one attached hydrogen (secondary N) is 2. The van der Waals surface area contributed by atoms with Crippen LogP contribution in [0, 0.1) is 10.1 Å². The maximum Gasteiger partial charge on any atom is 0.293 e. The molecular weight excluding hydrogens is 794 g/mol. The number of piperazine rings is 1. The number of carbonyl (C=O) groups excluding carboxylic acids is 1. The summed E-state index contributed by atoms with van der Waals surface area (Å²) in [5.41, 5.74) is 5.21. The van der Waals surface area contributed by atoms with Crippen molar-refractivity contribution in [2.24, 2.45) is 0 Å². The number of sulfonamides is 1. The van der Waals surface area contributed by atoms with Crippen LogP contribution in [-0.4, -0.2) is 92.1 Å². The van der Waals surface area contributed by atoms with Gasteiger partial charge in [0.2, 0.25) is 0 Å². The van der Waals surface area contributed by atoms with E-state index < -0.39 is 31.4 Å². The Labute approximate surface area is 348 Å². The van der Waals surface area contributed by atoms with Crippen molar-refractivity contribution in [2.45, 2.75) is 47.7 Å². The average Bonchev–Trinajstić information content (AvgIpc) is 3.22. The first-order valence-electron chi connectivity index (χ1n) is 19.2. The van der Waals surface area contributed by atoms with E-state index in [1.54, 1.807) is 24.0 Å². The molecule has 0 radical (unpaired) electrons. The van der Waals surface area contributed by atoms with E-state index in [2.05, 4.69) is 49.1 Å². The molecule has 1 amide bonds. The molecule has 302 valence electrons. The third-order valence-electron chi connectivity index (χ3n) is 10.6. The lowest BCUT2D eigenvalue weighted by atomic mass is 9.93. The minimum atomic E-state index is -4.48. The van der Waals surface area contributed by atoms with Crippen molar-refractivity contribution in [3.63, 3.8) is 0 Å². The second-order valence-corrected chi connectivity index (χ2v) is 18.1. The summed E-state index contributed by atoms with van der Waals surface area (Å²) in [7, 11) is -0.558. The monoisotopic (exact) mass is 839 g/mol. The van der Waals surface area contributed by atoms with Crippen molar-refractivity contribution in [1.82, 2.24) is 19.5 Å². The third kappa shape index (κ3) is 9.99. The molecule has 7 rings (SSSR count). The number of benzene rings is 4. The van der Waals surface area contributed by atoms with Gasteiger partial charge in [-0.15, -0.1) is 11.8 Å². The van der Waals surface area contributed by atoms with Crippen LogP contribution in [0.4, 0.5) is 17.1 Å². The number of aryl methyl sites for hydroxylation is 1. The fourth-order valence-electron chi connectivity index (χ4n) is 7.56. The Morgan fingerprint density at radius 1 is 1.02 bits per heavy atom. The van der Waals surface area contributed by atoms with Crippen molar-refractivity contribution in [3.05, 3.63) is 141 Å². The first kappa shape index (κ1) is 41.2. The van der Waals surface area contributed by atoms with E-state index in [-0.39, 0.29) is 23.5 Å². The van der Waals surface area contributed by atoms with Crippen molar-refractivity contribution in [2.75, 3.05) is 56.2 Å². The molecule has 58 heavy (non-hydrogen) atoms. The van der Waals surface area contributed by atoms with Crippen molar-refractivity contribution >= 4 is 56.4 Å². The fourth-order valence-corrected chi connectivity index (χ4v) is 9.66. The number of aromatic nitrogens is 1. The van der Waals surface area contributed by atoms with Gasteiger partial charge < -0.3 is 15.1 Å². The minimum Gasteiger partial charge on any atom is -0.376 e. The SMILES string of the molecule is CN(C)CC[C@H](CSc1ccccc1)Nc1ccc(S(=O)(=O)NC(=O)c2cc3c(cn2)N2CCN(Cc4ccccc4-c4ccc(Cl)cc4)CC2CC3)cc1[N+](=O)[O-]. The zero-order valence-electron chi connectivity index (χ0n) is 32.4. The van der Waals surface area contributed by atoms with E-state index in [1.807, 2.05) is 73.6 Å². The van der Waals surface area contributed by atoms with Gasteiger partial charge in [-0.05, 0) is 105 Å². The maximum absolute atomic E-state index is 13.5. The molecule has 2 aliphatic heterocycles. The number of carbonyl (C=O) groups is 1. The van der Waals surface area contributed by atoms with Crippen molar-refractivity contribution in [1.29, 1.82) is 0 Å². The largest absolute Gasteiger partial charge is 0.376 e. The molecule has 4 aromatic carbocycles. The van der Waals surface area contributed by atoms with Crippen LogP contribution >= 0.6 is 23.4 Å². The highest BCUT2D eigenvalue weighted by atomic mass is 35.5. The van der Waals surface area contributed by atoms with E-state index >= 15 is 0 Å². The molecule has 1 unspecified atom stereocenters. The number of anilines is 2. The topological polar surface area (TPSA) is 141 Å². The minimum absolute atomic E-state index is 0.0364. The van der Waals surface area contributed by atoms with Crippen LogP contribution in [0.2, 0.25) is 5.02 Å². The predicted octanol–water partition coefficient (Wildman–Crippen LogP) is 7.59. The summed E-state index contributed by atoms with van der Waals surface area (Å²) < 4.78 is 29.1. The number of hydrogen-bond donors (Lipinski definition) is 2. The van der Waals surface area contributed by atoms with E-state index in [1.165, 1.54) is 23.3 Å². The zero-order chi connectivity index (χ0) is 40.8. The molecule has 12 nitrogen and oxygen atoms in total. The van der Waals surface area contributed by atoms with Gasteiger partial charge >= 0.3 is 0 Å². The van der Waals surface area contributed by atoms with Gasteiger partial charge in [-0.25, -0.2) is 18.1 Å². The predicted molar refractivity (Wildman–Crippen MR) is 231 cm³/mol. The summed E-state index contributed by atoms with van der Waals surface area (Å²) in [5, 5.41) is 16.2. The first-order chi connectivity index (χ1) is 27.9. The van der Waals surface area contributed by atoms with Gasteiger partial charge in [0, 0.05) is 60.0 Å². The molecule has 0 saturated carbocycles. The van der Waals surface area contributed by atoms with Gasteiger partial charge in [-0.1, -0.05) is 66.2 Å². The Morgan fingerprint density at radius 3 is 2.53 bits per heavy atom. The van der Waals surface area contributed by atoms with Crippen LogP contribution < -0.4 is 14.9 Å². The second-order valence-electron chi connectivity index (χ2n) is 14.9. The number of thioether (sulfide) groups is 1. The number of rotatable bonds is 15. The maximum atomic E-state index is 13.5. The van der Waals surface area contributed by atoms with Crippen LogP contribution in [0.3, 0.4) is 0 Å². The number of nitro groups is 1. The fraction of sp³-hybridized carbons (Fsp3) is 0.302. The van der Waals surface area contributed by atoms with Gasteiger partial charge in [-0.3, -0.25) is 19.8 Å². The summed E-state index contributed by atoms with van der Waals surface area (Å²) in [5.74, 6) is -0.267. The third-order valence-corrected chi connectivity index (χ3v) is 13.3. The molecule has 3 heterocycles. The molecule has 0 bridgehead atoms. The lowest BCUT2D eigenvalue weighted by Gasteiger charge is -2.46. The van der Waals surface area contributed by atoms with Gasteiger partial charge in [0.15, 0.2) is 0 Å². The van der Waals surface area contributed by atoms with Gasteiger partial charge in [0.1, 0.15) is 11.4 Å². The molecule has 2 atom stereocenters. The lowest BCUT2D eigenvalue weighted by molar-refractivity contribution is -0.384. The van der Waals surface area contributed by atoms with E-state index in [0.717, 1.165) is 66.9 Å². The molecule has 0 aliphatic carbocycles. The van der Waals surface area contributed by atoms with E-state index in [9.17, 15) is 23.3 Å². The Kier molecular flexibility index (Phi) is 13.0. The Hall–Kier alpha value is -4.99. The van der Waals surface area contributed by atoms with E-state index in [4.69, 9.17) is 11.6 Å². The average molecular weight is 840 g/mol. The van der Waals surface area contributed by atoms with Gasteiger partial charge in [-0.2, -0.15) is 0 Å². The normalized spacial score (nSPS) is 16.0. The Balaban J connectivity index is 1.000. The smallest absolute Gasteiger partial charge is 0.293 e. The summed E-state index contributed by atoms with van der Waals surface area (Å²) in [4.78, 5) is 36.9. The van der Waals surface area contributed by atoms with Gasteiger partial charge in [0.05, 0.1) is 21.7 Å². The van der Waals surface area contributed by atoms with Crippen molar-refractivity contribution < 1.29 is 18.1 Å². The number of fused-ring (bicyclic) bond motifs is 3. The number of halogens is 1. The molecule has 5 aromatic rings. The van der Waals surface area contributed by atoms with Crippen LogP contribution in [0.15, 0.2) is 119 Å². The first-order valence-corrected chi connectivity index (χ1v) is 22.0. The molecule has 1 fully saturated rings. The molecule has 1 aromatic heterocycles. The zero-order valence-corrected chi connectivity index (χ0v) is 34.8. The van der Waals surface area contributed by atoms with Crippen molar-refractivity contribution in [3.8, 4) is 11.1 Å². The quantitative estimate of drug-likeness (QED) is 0.0612. The molecular formula is C43H46ClN7O5S2. The van der Waals surface area contributed by atoms with Gasteiger partial charge in [0.25, 0.3) is 21.6 Å². The number of pyridine rings is 1. The lowest BCUT2D eigenvalue weighted by Crippen LogP contribution is -2.54. The summed E-state index contributed by atoms with van der Waals surface area (Å²) in [6, 6.07) is 31.7. The second kappa shape index (κ2) is 18.3. The number of nitro benzene ring substituents is 1. The highest BCUT2D eigenvalue weighted by Crippen LogP contribution is 2.35. The molecule has 2 N–H and O–H groups in total. The van der Waals surface area contributed by atoms with Crippen LogP contribution in [-0.2, 0) is 23.0 Å². The Morgan fingerprint density at radius 2 is 1.78 bits per heavy atom. The molecule has 2 aliphatic rings.